The molecule has 1 N–H and O–H groups in total. The van der Waals surface area contributed by atoms with Gasteiger partial charge in [-0.25, -0.2) is 0 Å². The Morgan fingerprint density at radius 1 is 1.22 bits per heavy atom. The minimum absolute atomic E-state index is 0.00640. The van der Waals surface area contributed by atoms with Crippen molar-refractivity contribution in [2.24, 2.45) is 0 Å². The number of nitrogens with zero attached hydrogens (tertiary/aromatic N) is 2. The summed E-state index contributed by atoms with van der Waals surface area (Å²) >= 11 is 0. The summed E-state index contributed by atoms with van der Waals surface area (Å²) in [5.41, 5.74) is 2.34. The highest BCUT2D eigenvalue weighted by atomic mass is 16.6. The van der Waals surface area contributed by atoms with Gasteiger partial charge in [-0.15, -0.1) is 0 Å². The van der Waals surface area contributed by atoms with Gasteiger partial charge in [-0.3, -0.25) is 14.9 Å². The van der Waals surface area contributed by atoms with Crippen LogP contribution in [-0.4, -0.2) is 43.5 Å². The van der Waals surface area contributed by atoms with Crippen LogP contribution in [0.1, 0.15) is 34.5 Å². The Morgan fingerprint density at radius 3 is 2.41 bits per heavy atom. The van der Waals surface area contributed by atoms with Gasteiger partial charge in [-0.2, -0.15) is 0 Å². The maximum absolute atomic E-state index is 12.5. The lowest BCUT2D eigenvalue weighted by Gasteiger charge is -2.25. The van der Waals surface area contributed by atoms with Gasteiger partial charge in [-0.05, 0) is 43.8 Å². The number of carbonyl (C=O) groups excluding carboxylic acids is 1. The number of carbonyl (C=O) groups is 1. The van der Waals surface area contributed by atoms with E-state index in [1.807, 2.05) is 19.0 Å². The predicted molar refractivity (Wildman–Crippen MR) is 104 cm³/mol. The third-order valence-electron chi connectivity index (χ3n) is 4.49. The standard InChI is InChI=1S/C20H25N3O4/c1-5-14-6-8-15(9-7-14)18(22(2)3)13-21-20(24)16-10-11-19(27-4)17(12-16)23(25)26/h6-12,18H,5,13H2,1-4H3,(H,21,24). The van der Waals surface area contributed by atoms with Crippen molar-refractivity contribution < 1.29 is 14.5 Å². The molecule has 0 fully saturated rings. The van der Waals surface area contributed by atoms with Crippen LogP contribution in [0.3, 0.4) is 0 Å². The van der Waals surface area contributed by atoms with Gasteiger partial charge in [0.2, 0.25) is 0 Å². The van der Waals surface area contributed by atoms with Crippen molar-refractivity contribution in [1.29, 1.82) is 0 Å². The SMILES string of the molecule is CCc1ccc(C(CNC(=O)c2ccc(OC)c([N+](=O)[O-])c2)N(C)C)cc1. The molecule has 144 valence electrons. The summed E-state index contributed by atoms with van der Waals surface area (Å²) in [7, 11) is 5.25. The molecule has 1 atom stereocenters. The lowest BCUT2D eigenvalue weighted by molar-refractivity contribution is -0.385. The summed E-state index contributed by atoms with van der Waals surface area (Å²) in [5.74, 6) is -0.239. The predicted octanol–water partition coefficient (Wildman–Crippen LogP) is 3.20. The van der Waals surface area contributed by atoms with E-state index in [4.69, 9.17) is 4.74 Å². The molecular formula is C20H25N3O4. The van der Waals surface area contributed by atoms with Crippen molar-refractivity contribution in [2.45, 2.75) is 19.4 Å². The monoisotopic (exact) mass is 371 g/mol. The molecule has 0 saturated carbocycles. The zero-order valence-corrected chi connectivity index (χ0v) is 16.1. The number of benzene rings is 2. The first-order valence-electron chi connectivity index (χ1n) is 8.73. The first-order chi connectivity index (χ1) is 12.9. The number of nitro benzene ring substituents is 1. The number of hydrogen-bond acceptors (Lipinski definition) is 5. The van der Waals surface area contributed by atoms with Crippen LogP contribution in [0.25, 0.3) is 0 Å². The van der Waals surface area contributed by atoms with Gasteiger partial charge in [0.1, 0.15) is 0 Å². The first-order valence-corrected chi connectivity index (χ1v) is 8.73. The van der Waals surface area contributed by atoms with Gasteiger partial charge in [-0.1, -0.05) is 31.2 Å². The van der Waals surface area contributed by atoms with Gasteiger partial charge in [0.25, 0.3) is 5.91 Å². The molecule has 1 unspecified atom stereocenters. The van der Waals surface area contributed by atoms with Crippen molar-refractivity contribution >= 4 is 11.6 Å². The number of ether oxygens (including phenoxy) is 1. The molecule has 2 aromatic carbocycles. The van der Waals surface area contributed by atoms with Gasteiger partial charge in [0.15, 0.2) is 5.75 Å². The van der Waals surface area contributed by atoms with Crippen LogP contribution in [0.4, 0.5) is 5.69 Å². The summed E-state index contributed by atoms with van der Waals surface area (Å²) in [5, 5.41) is 14.0. The fourth-order valence-corrected chi connectivity index (χ4v) is 2.84. The summed E-state index contributed by atoms with van der Waals surface area (Å²) < 4.78 is 4.97. The molecule has 1 amide bonds. The van der Waals surface area contributed by atoms with Gasteiger partial charge < -0.3 is 15.0 Å². The van der Waals surface area contributed by atoms with Crippen molar-refractivity contribution in [1.82, 2.24) is 10.2 Å². The van der Waals surface area contributed by atoms with E-state index >= 15 is 0 Å². The summed E-state index contributed by atoms with van der Waals surface area (Å²) in [6.07, 6.45) is 0.972. The number of amides is 1. The molecule has 0 spiro atoms. The second-order valence-electron chi connectivity index (χ2n) is 6.43. The lowest BCUT2D eigenvalue weighted by Crippen LogP contribution is -2.34. The highest BCUT2D eigenvalue weighted by molar-refractivity contribution is 5.95. The quantitative estimate of drug-likeness (QED) is 0.569. The van der Waals surface area contributed by atoms with Crippen LogP contribution >= 0.6 is 0 Å². The molecule has 27 heavy (non-hydrogen) atoms. The van der Waals surface area contributed by atoms with Gasteiger partial charge in [0.05, 0.1) is 18.1 Å². The van der Waals surface area contributed by atoms with Crippen LogP contribution in [0.15, 0.2) is 42.5 Å². The van der Waals surface area contributed by atoms with Gasteiger partial charge >= 0.3 is 5.69 Å². The molecule has 0 heterocycles. The van der Waals surface area contributed by atoms with Crippen LogP contribution in [0.2, 0.25) is 0 Å². The molecule has 7 heteroatoms. The molecule has 0 saturated heterocycles. The fourth-order valence-electron chi connectivity index (χ4n) is 2.84. The number of methoxy groups -OCH3 is 1. The highest BCUT2D eigenvalue weighted by Gasteiger charge is 2.20. The van der Waals surface area contributed by atoms with Gasteiger partial charge in [0, 0.05) is 18.2 Å². The Kier molecular flexibility index (Phi) is 6.90. The smallest absolute Gasteiger partial charge is 0.311 e. The highest BCUT2D eigenvalue weighted by Crippen LogP contribution is 2.27. The van der Waals surface area contributed by atoms with E-state index in [1.54, 1.807) is 0 Å². The average Bonchev–Trinajstić information content (AvgIpc) is 2.67. The molecule has 0 aliphatic carbocycles. The van der Waals surface area contributed by atoms with E-state index in [1.165, 1.54) is 30.9 Å². The molecule has 2 aromatic rings. The largest absolute Gasteiger partial charge is 0.490 e. The number of likely N-dealkylation sites (N-methyl/N-ethyl adjacent to an activating group) is 1. The average molecular weight is 371 g/mol. The second-order valence-corrected chi connectivity index (χ2v) is 6.43. The lowest BCUT2D eigenvalue weighted by atomic mass is 10.0. The fraction of sp³-hybridized carbons (Fsp3) is 0.350. The van der Waals surface area contributed by atoms with E-state index in [2.05, 4.69) is 36.5 Å². The number of nitro groups is 1. The zero-order valence-electron chi connectivity index (χ0n) is 16.1. The van der Waals surface area contributed by atoms with Crippen molar-refractivity contribution in [3.8, 4) is 5.75 Å². The third kappa shape index (κ3) is 5.04. The van der Waals surface area contributed by atoms with Crippen LogP contribution in [0.5, 0.6) is 5.75 Å². The number of rotatable bonds is 8. The minimum Gasteiger partial charge on any atom is -0.490 e. The molecule has 0 radical (unpaired) electrons. The van der Waals surface area contributed by atoms with Crippen molar-refractivity contribution in [3.05, 3.63) is 69.3 Å². The summed E-state index contributed by atoms with van der Waals surface area (Å²) in [6.45, 7) is 2.49. The second kappa shape index (κ2) is 9.14. The Bertz CT molecular complexity index is 803. The van der Waals surface area contributed by atoms with Crippen LogP contribution in [0, 0.1) is 10.1 Å². The Morgan fingerprint density at radius 2 is 1.89 bits per heavy atom. The number of nitrogens with one attached hydrogen (secondary N) is 1. The molecular weight excluding hydrogens is 346 g/mol. The Balaban J connectivity index is 2.13. The topological polar surface area (TPSA) is 84.7 Å². The molecule has 7 nitrogen and oxygen atoms in total. The molecule has 2 rings (SSSR count). The number of hydrogen-bond donors (Lipinski definition) is 1. The van der Waals surface area contributed by atoms with Crippen LogP contribution < -0.4 is 10.1 Å². The molecule has 0 aliphatic heterocycles. The van der Waals surface area contributed by atoms with Crippen molar-refractivity contribution in [3.63, 3.8) is 0 Å². The Labute approximate surface area is 159 Å². The van der Waals surface area contributed by atoms with E-state index in [9.17, 15) is 14.9 Å². The first kappa shape index (κ1) is 20.4. The van der Waals surface area contributed by atoms with Crippen LogP contribution in [-0.2, 0) is 6.42 Å². The van der Waals surface area contributed by atoms with E-state index in [-0.39, 0.29) is 28.9 Å². The number of aryl methyl sites for hydroxylation is 1. The normalized spacial score (nSPS) is 11.9. The maximum atomic E-state index is 12.5. The molecule has 0 aliphatic rings. The third-order valence-corrected chi connectivity index (χ3v) is 4.49. The van der Waals surface area contributed by atoms with E-state index in [0.29, 0.717) is 6.54 Å². The maximum Gasteiger partial charge on any atom is 0.311 e. The molecule has 0 bridgehead atoms. The minimum atomic E-state index is -0.562. The Hall–Kier alpha value is -2.93. The summed E-state index contributed by atoms with van der Waals surface area (Å²) in [6, 6.07) is 12.5. The van der Waals surface area contributed by atoms with E-state index in [0.717, 1.165) is 12.0 Å². The van der Waals surface area contributed by atoms with Crippen molar-refractivity contribution in [2.75, 3.05) is 27.7 Å². The molecule has 0 aromatic heterocycles. The van der Waals surface area contributed by atoms with E-state index < -0.39 is 4.92 Å². The summed E-state index contributed by atoms with van der Waals surface area (Å²) in [4.78, 5) is 25.1. The zero-order chi connectivity index (χ0) is 20.0.